The predicted octanol–water partition coefficient (Wildman–Crippen LogP) is 2.65. The Hall–Kier alpha value is -0.650. The maximum atomic E-state index is 5.87. The molecule has 2 atom stereocenters. The highest BCUT2D eigenvalue weighted by atomic mass is 32.1. The van der Waals surface area contributed by atoms with Gasteiger partial charge in [-0.1, -0.05) is 13.8 Å². The third-order valence-corrected chi connectivity index (χ3v) is 5.05. The van der Waals surface area contributed by atoms with Crippen molar-refractivity contribution >= 4 is 16.5 Å². The lowest BCUT2D eigenvalue weighted by Crippen LogP contribution is -2.48. The number of rotatable bonds is 5. The maximum absolute atomic E-state index is 5.87. The molecule has 0 spiro atoms. The first-order valence-electron chi connectivity index (χ1n) is 7.77. The zero-order chi connectivity index (χ0) is 13.9. The highest BCUT2D eigenvalue weighted by Crippen LogP contribution is 2.34. The summed E-state index contributed by atoms with van der Waals surface area (Å²) in [5.41, 5.74) is 1.17. The zero-order valence-electron chi connectivity index (χ0n) is 12.5. The van der Waals surface area contributed by atoms with E-state index in [1.165, 1.54) is 30.1 Å². The molecule has 1 saturated carbocycles. The number of nitrogens with one attached hydrogen (secondary N) is 1. The fraction of sp³-hybridized carbons (Fsp3) is 0.800. The van der Waals surface area contributed by atoms with Crippen molar-refractivity contribution in [1.82, 2.24) is 10.3 Å². The molecule has 2 heterocycles. The number of nitrogens with zero attached hydrogens (tertiary/aromatic N) is 2. The molecule has 1 saturated heterocycles. The molecule has 0 amide bonds. The topological polar surface area (TPSA) is 37.4 Å². The first-order valence-corrected chi connectivity index (χ1v) is 8.65. The molecule has 4 nitrogen and oxygen atoms in total. The fourth-order valence-electron chi connectivity index (χ4n) is 3.16. The van der Waals surface area contributed by atoms with Crippen LogP contribution >= 0.6 is 11.3 Å². The van der Waals surface area contributed by atoms with E-state index in [0.717, 1.165) is 26.2 Å². The van der Waals surface area contributed by atoms with Crippen molar-refractivity contribution in [3.8, 4) is 0 Å². The van der Waals surface area contributed by atoms with Crippen LogP contribution in [0.25, 0.3) is 0 Å². The van der Waals surface area contributed by atoms with Crippen LogP contribution in [0.5, 0.6) is 0 Å². The summed E-state index contributed by atoms with van der Waals surface area (Å²) in [7, 11) is 0. The lowest BCUT2D eigenvalue weighted by molar-refractivity contribution is 0.0256. The van der Waals surface area contributed by atoms with Gasteiger partial charge in [-0.2, -0.15) is 0 Å². The molecule has 1 aromatic heterocycles. The lowest BCUT2D eigenvalue weighted by Gasteiger charge is -2.37. The Morgan fingerprint density at radius 1 is 1.50 bits per heavy atom. The highest BCUT2D eigenvalue weighted by Gasteiger charge is 2.37. The van der Waals surface area contributed by atoms with Gasteiger partial charge in [-0.25, -0.2) is 4.98 Å². The van der Waals surface area contributed by atoms with Gasteiger partial charge < -0.3 is 15.0 Å². The van der Waals surface area contributed by atoms with Crippen LogP contribution in [0.15, 0.2) is 5.38 Å². The third-order valence-electron chi connectivity index (χ3n) is 4.13. The van der Waals surface area contributed by atoms with E-state index in [0.29, 0.717) is 18.1 Å². The molecule has 2 unspecified atom stereocenters. The SMILES string of the molecule is CC(C)CNCc1csc(N2CCOC3CCCC32)n1. The first-order chi connectivity index (χ1) is 9.74. The minimum Gasteiger partial charge on any atom is -0.374 e. The van der Waals surface area contributed by atoms with Crippen LogP contribution in [0.2, 0.25) is 0 Å². The third kappa shape index (κ3) is 3.15. The quantitative estimate of drug-likeness (QED) is 0.906. The molecule has 0 bridgehead atoms. The van der Waals surface area contributed by atoms with Crippen molar-refractivity contribution in [3.63, 3.8) is 0 Å². The molecule has 20 heavy (non-hydrogen) atoms. The van der Waals surface area contributed by atoms with E-state index in [1.54, 1.807) is 11.3 Å². The number of ether oxygens (including phenoxy) is 1. The second-order valence-electron chi connectivity index (χ2n) is 6.25. The molecule has 0 aromatic carbocycles. The molecular formula is C15H25N3OS. The fourth-order valence-corrected chi connectivity index (χ4v) is 4.07. The molecule has 3 rings (SSSR count). The minimum absolute atomic E-state index is 0.440. The van der Waals surface area contributed by atoms with Gasteiger partial charge in [0.15, 0.2) is 5.13 Å². The van der Waals surface area contributed by atoms with E-state index in [-0.39, 0.29) is 0 Å². The first kappa shape index (κ1) is 14.3. The summed E-state index contributed by atoms with van der Waals surface area (Å²) in [6.07, 6.45) is 4.20. The van der Waals surface area contributed by atoms with Crippen LogP contribution in [-0.4, -0.2) is 36.8 Å². The normalized spacial score (nSPS) is 26.2. The van der Waals surface area contributed by atoms with Crippen molar-refractivity contribution in [3.05, 3.63) is 11.1 Å². The number of hydrogen-bond donors (Lipinski definition) is 1. The summed E-state index contributed by atoms with van der Waals surface area (Å²) in [5.74, 6) is 0.687. The number of hydrogen-bond acceptors (Lipinski definition) is 5. The Morgan fingerprint density at radius 2 is 2.40 bits per heavy atom. The van der Waals surface area contributed by atoms with Crippen LogP contribution in [0.4, 0.5) is 5.13 Å². The van der Waals surface area contributed by atoms with Crippen molar-refractivity contribution in [2.45, 2.75) is 51.8 Å². The molecule has 2 fully saturated rings. The predicted molar refractivity (Wildman–Crippen MR) is 83.4 cm³/mol. The largest absolute Gasteiger partial charge is 0.374 e. The summed E-state index contributed by atoms with van der Waals surface area (Å²) in [6, 6.07) is 0.561. The van der Waals surface area contributed by atoms with Crippen LogP contribution in [0, 0.1) is 5.92 Å². The summed E-state index contributed by atoms with van der Waals surface area (Å²) in [4.78, 5) is 7.30. The molecular weight excluding hydrogens is 270 g/mol. The van der Waals surface area contributed by atoms with E-state index in [2.05, 4.69) is 29.4 Å². The Morgan fingerprint density at radius 3 is 3.25 bits per heavy atom. The Bertz CT molecular complexity index is 435. The van der Waals surface area contributed by atoms with Crippen LogP contribution in [0.3, 0.4) is 0 Å². The standard InChI is InChI=1S/C15H25N3OS/c1-11(2)8-16-9-12-10-20-15(17-12)18-6-7-19-14-5-3-4-13(14)18/h10-11,13-14,16H,3-9H2,1-2H3. The number of morpholine rings is 1. The van der Waals surface area contributed by atoms with Gasteiger partial charge in [0.2, 0.25) is 0 Å². The Kier molecular flexibility index (Phi) is 4.58. The van der Waals surface area contributed by atoms with E-state index >= 15 is 0 Å². The van der Waals surface area contributed by atoms with Crippen molar-refractivity contribution in [2.75, 3.05) is 24.6 Å². The highest BCUT2D eigenvalue weighted by molar-refractivity contribution is 7.13. The average molecular weight is 295 g/mol. The van der Waals surface area contributed by atoms with Gasteiger partial charge in [0.05, 0.1) is 24.4 Å². The lowest BCUT2D eigenvalue weighted by atomic mass is 10.1. The molecule has 2 aliphatic rings. The second kappa shape index (κ2) is 6.41. The van der Waals surface area contributed by atoms with Gasteiger partial charge in [-0.15, -0.1) is 11.3 Å². The molecule has 112 valence electrons. The van der Waals surface area contributed by atoms with Crippen LogP contribution in [-0.2, 0) is 11.3 Å². The summed E-state index contributed by atoms with van der Waals surface area (Å²) in [5, 5.41) is 6.85. The van der Waals surface area contributed by atoms with Crippen LogP contribution in [0.1, 0.15) is 38.8 Å². The van der Waals surface area contributed by atoms with Crippen LogP contribution < -0.4 is 10.2 Å². The van der Waals surface area contributed by atoms with Gasteiger partial charge in [0, 0.05) is 18.5 Å². The molecule has 1 aliphatic carbocycles. The van der Waals surface area contributed by atoms with Gasteiger partial charge in [0.25, 0.3) is 0 Å². The van der Waals surface area contributed by atoms with Crippen molar-refractivity contribution < 1.29 is 4.74 Å². The summed E-state index contributed by atoms with van der Waals surface area (Å²) in [6.45, 7) is 8.23. The zero-order valence-corrected chi connectivity index (χ0v) is 13.3. The maximum Gasteiger partial charge on any atom is 0.185 e. The molecule has 1 aliphatic heterocycles. The molecule has 0 radical (unpaired) electrons. The van der Waals surface area contributed by atoms with E-state index in [9.17, 15) is 0 Å². The van der Waals surface area contributed by atoms with Gasteiger partial charge in [-0.3, -0.25) is 0 Å². The number of fused-ring (bicyclic) bond motifs is 1. The van der Waals surface area contributed by atoms with Crippen molar-refractivity contribution in [2.24, 2.45) is 5.92 Å². The second-order valence-corrected chi connectivity index (χ2v) is 7.08. The Labute approximate surface area is 125 Å². The van der Waals surface area contributed by atoms with Gasteiger partial charge in [0.1, 0.15) is 0 Å². The van der Waals surface area contributed by atoms with Crippen molar-refractivity contribution in [1.29, 1.82) is 0 Å². The Balaban J connectivity index is 1.61. The summed E-state index contributed by atoms with van der Waals surface area (Å²) >= 11 is 1.78. The smallest absolute Gasteiger partial charge is 0.185 e. The minimum atomic E-state index is 0.440. The van der Waals surface area contributed by atoms with Gasteiger partial charge >= 0.3 is 0 Å². The van der Waals surface area contributed by atoms with E-state index in [4.69, 9.17) is 9.72 Å². The number of anilines is 1. The molecule has 5 heteroatoms. The van der Waals surface area contributed by atoms with E-state index in [1.807, 2.05) is 0 Å². The van der Waals surface area contributed by atoms with E-state index < -0.39 is 0 Å². The summed E-state index contributed by atoms with van der Waals surface area (Å²) < 4.78 is 5.87. The molecule has 1 aromatic rings. The molecule has 1 N–H and O–H groups in total. The van der Waals surface area contributed by atoms with Gasteiger partial charge in [-0.05, 0) is 31.7 Å². The average Bonchev–Trinajstić information content (AvgIpc) is 3.06. The number of aromatic nitrogens is 1. The number of thiazole rings is 1. The monoisotopic (exact) mass is 295 g/mol.